The molecule has 0 aromatic heterocycles. The second-order valence-corrected chi connectivity index (χ2v) is 6.16. The van der Waals surface area contributed by atoms with Crippen molar-refractivity contribution in [1.29, 1.82) is 0 Å². The van der Waals surface area contributed by atoms with E-state index in [1.54, 1.807) is 0 Å². The van der Waals surface area contributed by atoms with Crippen LogP contribution in [0.25, 0.3) is 0 Å². The largest absolute Gasteiger partial charge is 0.335 e. The molecule has 1 aliphatic rings. The molecule has 1 fully saturated rings. The highest BCUT2D eigenvalue weighted by Gasteiger charge is 2.33. The molecule has 3 heteroatoms. The summed E-state index contributed by atoms with van der Waals surface area (Å²) in [6.45, 7) is 5.62. The average molecular weight is 274 g/mol. The third-order valence-electron chi connectivity index (χ3n) is 4.11. The fraction of sp³-hybridized carbons (Fsp3) is 0.588. The molecule has 2 unspecified atom stereocenters. The number of nitrogens with two attached hydrogens (primary N) is 1. The first-order valence-corrected chi connectivity index (χ1v) is 7.69. The van der Waals surface area contributed by atoms with Crippen LogP contribution < -0.4 is 5.73 Å². The first kappa shape index (κ1) is 15.0. The number of carbonyl (C=O) groups is 1. The van der Waals surface area contributed by atoms with E-state index in [4.69, 9.17) is 5.73 Å². The lowest BCUT2D eigenvalue weighted by atomic mass is 9.95. The number of hydrogen-bond acceptors (Lipinski definition) is 2. The summed E-state index contributed by atoms with van der Waals surface area (Å²) >= 11 is 0. The molecule has 2 N–H and O–H groups in total. The van der Waals surface area contributed by atoms with Gasteiger partial charge in [-0.15, -0.1) is 0 Å². The molecule has 110 valence electrons. The lowest BCUT2D eigenvalue weighted by Gasteiger charge is -2.29. The number of likely N-dealkylation sites (tertiary alicyclic amines) is 1. The van der Waals surface area contributed by atoms with Crippen molar-refractivity contribution in [1.82, 2.24) is 4.90 Å². The van der Waals surface area contributed by atoms with Gasteiger partial charge in [-0.1, -0.05) is 44.2 Å². The fourth-order valence-electron chi connectivity index (χ4n) is 3.15. The van der Waals surface area contributed by atoms with Crippen LogP contribution in [0.1, 0.15) is 44.7 Å². The highest BCUT2D eigenvalue weighted by molar-refractivity contribution is 5.80. The molecule has 3 nitrogen and oxygen atoms in total. The van der Waals surface area contributed by atoms with Gasteiger partial charge in [0.15, 0.2) is 0 Å². The molecule has 1 amide bonds. The molecule has 1 saturated heterocycles. The molecule has 2 rings (SSSR count). The molecule has 1 aromatic rings. The summed E-state index contributed by atoms with van der Waals surface area (Å²) in [6.07, 6.45) is 3.03. The molecule has 1 heterocycles. The first-order valence-electron chi connectivity index (χ1n) is 7.69. The van der Waals surface area contributed by atoms with Gasteiger partial charge in [-0.3, -0.25) is 4.79 Å². The lowest BCUT2D eigenvalue weighted by Crippen LogP contribution is -2.39. The van der Waals surface area contributed by atoms with Gasteiger partial charge in [0.25, 0.3) is 0 Å². The average Bonchev–Trinajstić information content (AvgIpc) is 2.94. The second kappa shape index (κ2) is 6.89. The molecule has 1 aliphatic heterocycles. The summed E-state index contributed by atoms with van der Waals surface area (Å²) in [7, 11) is 0. The Morgan fingerprint density at radius 1 is 1.35 bits per heavy atom. The van der Waals surface area contributed by atoms with E-state index in [0.29, 0.717) is 12.5 Å². The van der Waals surface area contributed by atoms with Crippen LogP contribution in [0.5, 0.6) is 0 Å². The minimum atomic E-state index is -0.0284. The quantitative estimate of drug-likeness (QED) is 0.897. The minimum absolute atomic E-state index is 0.0284. The summed E-state index contributed by atoms with van der Waals surface area (Å²) in [4.78, 5) is 14.8. The van der Waals surface area contributed by atoms with Crippen molar-refractivity contribution in [3.63, 3.8) is 0 Å². The van der Waals surface area contributed by atoms with Gasteiger partial charge in [0, 0.05) is 13.1 Å². The fourth-order valence-corrected chi connectivity index (χ4v) is 3.15. The van der Waals surface area contributed by atoms with E-state index < -0.39 is 0 Å². The van der Waals surface area contributed by atoms with Crippen LogP contribution in [0.3, 0.4) is 0 Å². The van der Waals surface area contributed by atoms with Crippen molar-refractivity contribution in [2.45, 2.75) is 39.2 Å². The first-order chi connectivity index (χ1) is 9.63. The van der Waals surface area contributed by atoms with Crippen molar-refractivity contribution in [2.24, 2.45) is 17.6 Å². The Hall–Kier alpha value is -1.35. The molecule has 0 aliphatic carbocycles. The van der Waals surface area contributed by atoms with Gasteiger partial charge in [-0.05, 0) is 30.7 Å². The van der Waals surface area contributed by atoms with E-state index in [-0.39, 0.29) is 17.9 Å². The maximum absolute atomic E-state index is 12.7. The van der Waals surface area contributed by atoms with E-state index in [1.807, 2.05) is 18.2 Å². The number of benzene rings is 1. The number of rotatable bonds is 5. The standard InChI is InChI=1S/C17H26N2O/c1-13(2)11-15(12-18)17(20)19-10-6-9-16(19)14-7-4-3-5-8-14/h3-5,7-8,13,15-16H,6,9-12,18H2,1-2H3. The van der Waals surface area contributed by atoms with Crippen molar-refractivity contribution in [3.05, 3.63) is 35.9 Å². The van der Waals surface area contributed by atoms with Gasteiger partial charge < -0.3 is 10.6 Å². The zero-order valence-electron chi connectivity index (χ0n) is 12.6. The second-order valence-electron chi connectivity index (χ2n) is 6.16. The van der Waals surface area contributed by atoms with E-state index in [1.165, 1.54) is 5.56 Å². The molecular weight excluding hydrogens is 248 g/mol. The van der Waals surface area contributed by atoms with Crippen LogP contribution >= 0.6 is 0 Å². The summed E-state index contributed by atoms with van der Waals surface area (Å²) in [5.74, 6) is 0.720. The number of nitrogens with zero attached hydrogens (tertiary/aromatic N) is 1. The third kappa shape index (κ3) is 3.40. The number of amides is 1. The maximum Gasteiger partial charge on any atom is 0.227 e. The predicted octanol–water partition coefficient (Wildman–Crippen LogP) is 2.97. The van der Waals surface area contributed by atoms with E-state index in [0.717, 1.165) is 25.8 Å². The Morgan fingerprint density at radius 3 is 2.65 bits per heavy atom. The van der Waals surface area contributed by atoms with Crippen LogP contribution in [0.15, 0.2) is 30.3 Å². The van der Waals surface area contributed by atoms with E-state index >= 15 is 0 Å². The Morgan fingerprint density at radius 2 is 2.05 bits per heavy atom. The highest BCUT2D eigenvalue weighted by atomic mass is 16.2. The van der Waals surface area contributed by atoms with Gasteiger partial charge in [0.2, 0.25) is 5.91 Å². The Balaban J connectivity index is 2.12. The summed E-state index contributed by atoms with van der Waals surface area (Å²) in [5, 5.41) is 0. The lowest BCUT2D eigenvalue weighted by molar-refractivity contribution is -0.136. The van der Waals surface area contributed by atoms with Crippen molar-refractivity contribution >= 4 is 5.91 Å². The van der Waals surface area contributed by atoms with Crippen LogP contribution in [0.4, 0.5) is 0 Å². The Bertz CT molecular complexity index is 430. The molecule has 0 saturated carbocycles. The maximum atomic E-state index is 12.7. The van der Waals surface area contributed by atoms with Gasteiger partial charge in [-0.25, -0.2) is 0 Å². The SMILES string of the molecule is CC(C)CC(CN)C(=O)N1CCCC1c1ccccc1. The van der Waals surface area contributed by atoms with Gasteiger partial charge in [-0.2, -0.15) is 0 Å². The van der Waals surface area contributed by atoms with Gasteiger partial charge >= 0.3 is 0 Å². The zero-order chi connectivity index (χ0) is 14.5. The van der Waals surface area contributed by atoms with Crippen LogP contribution in [-0.4, -0.2) is 23.9 Å². The smallest absolute Gasteiger partial charge is 0.227 e. The molecule has 1 aromatic carbocycles. The topological polar surface area (TPSA) is 46.3 Å². The normalized spacial score (nSPS) is 20.4. The summed E-state index contributed by atoms with van der Waals surface area (Å²) in [6, 6.07) is 10.6. The monoisotopic (exact) mass is 274 g/mol. The molecular formula is C17H26N2O. The van der Waals surface area contributed by atoms with Gasteiger partial charge in [0.05, 0.1) is 12.0 Å². The van der Waals surface area contributed by atoms with Crippen molar-refractivity contribution in [3.8, 4) is 0 Å². The molecule has 0 radical (unpaired) electrons. The van der Waals surface area contributed by atoms with Gasteiger partial charge in [0.1, 0.15) is 0 Å². The zero-order valence-corrected chi connectivity index (χ0v) is 12.6. The van der Waals surface area contributed by atoms with E-state index in [9.17, 15) is 4.79 Å². The highest BCUT2D eigenvalue weighted by Crippen LogP contribution is 2.33. The summed E-state index contributed by atoms with van der Waals surface area (Å²) in [5.41, 5.74) is 7.07. The van der Waals surface area contributed by atoms with Crippen molar-refractivity contribution in [2.75, 3.05) is 13.1 Å². The molecule has 0 spiro atoms. The van der Waals surface area contributed by atoms with E-state index in [2.05, 4.69) is 30.9 Å². The molecule has 0 bridgehead atoms. The Labute approximate surface area is 122 Å². The summed E-state index contributed by atoms with van der Waals surface area (Å²) < 4.78 is 0. The third-order valence-corrected chi connectivity index (χ3v) is 4.11. The predicted molar refractivity (Wildman–Crippen MR) is 82.1 cm³/mol. The van der Waals surface area contributed by atoms with Crippen LogP contribution in [0, 0.1) is 11.8 Å². The molecule has 20 heavy (non-hydrogen) atoms. The number of carbonyl (C=O) groups excluding carboxylic acids is 1. The molecule has 2 atom stereocenters. The van der Waals surface area contributed by atoms with Crippen LogP contribution in [-0.2, 0) is 4.79 Å². The Kier molecular flexibility index (Phi) is 5.18. The van der Waals surface area contributed by atoms with Crippen LogP contribution in [0.2, 0.25) is 0 Å². The number of hydrogen-bond donors (Lipinski definition) is 1. The minimum Gasteiger partial charge on any atom is -0.335 e. The van der Waals surface area contributed by atoms with Crippen molar-refractivity contribution < 1.29 is 4.79 Å².